The van der Waals surface area contributed by atoms with Crippen LogP contribution in [0.15, 0.2) is 54.6 Å². The lowest BCUT2D eigenvalue weighted by molar-refractivity contribution is -0.156. The summed E-state index contributed by atoms with van der Waals surface area (Å²) in [5.74, 6) is -0.491. The van der Waals surface area contributed by atoms with Gasteiger partial charge in [-0.1, -0.05) is 36.4 Å². The highest BCUT2D eigenvalue weighted by Crippen LogP contribution is 2.27. The van der Waals surface area contributed by atoms with Crippen LogP contribution in [0.5, 0.6) is 11.5 Å². The number of rotatable bonds is 6. The third-order valence-electron chi connectivity index (χ3n) is 4.59. The van der Waals surface area contributed by atoms with Crippen molar-refractivity contribution in [1.82, 2.24) is 4.90 Å². The van der Waals surface area contributed by atoms with E-state index in [-0.39, 0.29) is 11.7 Å². The standard InChI is InChI=1S/C22H23NO5/c1-27-19-15-16(9-11-18(19)24)10-12-20(25)28-21(17-7-3-2-4-8-17)22(26)23-13-5-6-14-23/h2-4,7-12,15,21,24H,5-6,13-14H2,1H3/b12-10+/t21-/m0/s1. The number of hydrogen-bond donors (Lipinski definition) is 1. The zero-order chi connectivity index (χ0) is 19.9. The minimum Gasteiger partial charge on any atom is -0.504 e. The fraction of sp³-hybridized carbons (Fsp3) is 0.273. The Hall–Kier alpha value is -3.28. The largest absolute Gasteiger partial charge is 0.504 e. The van der Waals surface area contributed by atoms with Crippen LogP contribution in [-0.4, -0.2) is 42.1 Å². The van der Waals surface area contributed by atoms with Crippen molar-refractivity contribution in [2.45, 2.75) is 18.9 Å². The van der Waals surface area contributed by atoms with Crippen LogP contribution in [-0.2, 0) is 14.3 Å². The van der Waals surface area contributed by atoms with Crippen LogP contribution in [0.4, 0.5) is 0 Å². The number of nitrogens with zero attached hydrogens (tertiary/aromatic N) is 1. The first-order valence-electron chi connectivity index (χ1n) is 9.18. The van der Waals surface area contributed by atoms with E-state index in [1.807, 2.05) is 18.2 Å². The molecule has 1 aliphatic rings. The number of phenols is 1. The van der Waals surface area contributed by atoms with Gasteiger partial charge in [-0.3, -0.25) is 4.79 Å². The Balaban J connectivity index is 1.74. The molecule has 1 heterocycles. The summed E-state index contributed by atoms with van der Waals surface area (Å²) in [5.41, 5.74) is 1.31. The van der Waals surface area contributed by atoms with Gasteiger partial charge in [-0.2, -0.15) is 0 Å². The highest BCUT2D eigenvalue weighted by atomic mass is 16.5. The molecule has 6 heteroatoms. The van der Waals surface area contributed by atoms with Gasteiger partial charge in [0.05, 0.1) is 7.11 Å². The average molecular weight is 381 g/mol. The molecular weight excluding hydrogens is 358 g/mol. The van der Waals surface area contributed by atoms with Gasteiger partial charge in [-0.05, 0) is 36.6 Å². The first-order valence-corrected chi connectivity index (χ1v) is 9.18. The van der Waals surface area contributed by atoms with E-state index in [0.29, 0.717) is 30.0 Å². The molecule has 0 spiro atoms. The second-order valence-electron chi connectivity index (χ2n) is 6.52. The lowest BCUT2D eigenvalue weighted by Crippen LogP contribution is -2.34. The molecule has 28 heavy (non-hydrogen) atoms. The van der Waals surface area contributed by atoms with E-state index in [1.165, 1.54) is 19.3 Å². The van der Waals surface area contributed by atoms with Gasteiger partial charge in [0.15, 0.2) is 11.5 Å². The molecule has 2 aromatic carbocycles. The fourth-order valence-electron chi connectivity index (χ4n) is 3.11. The van der Waals surface area contributed by atoms with Crippen molar-refractivity contribution in [3.63, 3.8) is 0 Å². The molecule has 2 aromatic rings. The second kappa shape index (κ2) is 9.08. The molecule has 3 rings (SSSR count). The average Bonchev–Trinajstić information content (AvgIpc) is 3.26. The van der Waals surface area contributed by atoms with Crippen molar-refractivity contribution in [2.75, 3.05) is 20.2 Å². The number of carbonyl (C=O) groups excluding carboxylic acids is 2. The summed E-state index contributed by atoms with van der Waals surface area (Å²) in [6.45, 7) is 1.37. The number of hydrogen-bond acceptors (Lipinski definition) is 5. The Morgan fingerprint density at radius 1 is 1.11 bits per heavy atom. The summed E-state index contributed by atoms with van der Waals surface area (Å²) in [4.78, 5) is 27.0. The highest BCUT2D eigenvalue weighted by molar-refractivity contribution is 5.91. The number of benzene rings is 2. The van der Waals surface area contributed by atoms with Crippen LogP contribution >= 0.6 is 0 Å². The van der Waals surface area contributed by atoms with Gasteiger partial charge in [0.1, 0.15) is 0 Å². The zero-order valence-electron chi connectivity index (χ0n) is 15.7. The monoisotopic (exact) mass is 381 g/mol. The first-order chi connectivity index (χ1) is 13.6. The van der Waals surface area contributed by atoms with Crippen molar-refractivity contribution < 1.29 is 24.2 Å². The minimum atomic E-state index is -0.967. The molecule has 6 nitrogen and oxygen atoms in total. The van der Waals surface area contributed by atoms with Crippen molar-refractivity contribution in [3.8, 4) is 11.5 Å². The molecule has 0 radical (unpaired) electrons. The van der Waals surface area contributed by atoms with Gasteiger partial charge in [0.2, 0.25) is 6.10 Å². The van der Waals surface area contributed by atoms with E-state index in [4.69, 9.17) is 9.47 Å². The van der Waals surface area contributed by atoms with E-state index < -0.39 is 12.1 Å². The molecule has 1 N–H and O–H groups in total. The van der Waals surface area contributed by atoms with Crippen molar-refractivity contribution >= 4 is 18.0 Å². The Labute approximate surface area is 164 Å². The smallest absolute Gasteiger partial charge is 0.331 e. The van der Waals surface area contributed by atoms with E-state index >= 15 is 0 Å². The number of aromatic hydroxyl groups is 1. The molecule has 1 atom stereocenters. The number of ether oxygens (including phenoxy) is 2. The predicted molar refractivity (Wildman–Crippen MR) is 105 cm³/mol. The van der Waals surface area contributed by atoms with Crippen LogP contribution in [0.1, 0.15) is 30.1 Å². The maximum atomic E-state index is 12.9. The lowest BCUT2D eigenvalue weighted by Gasteiger charge is -2.23. The SMILES string of the molecule is COc1cc(/C=C/C(=O)O[C@H](C(=O)N2CCCC2)c2ccccc2)ccc1O. The molecular formula is C22H23NO5. The van der Waals surface area contributed by atoms with Crippen LogP contribution in [0.3, 0.4) is 0 Å². The number of amides is 1. The summed E-state index contributed by atoms with van der Waals surface area (Å²) < 4.78 is 10.6. The van der Waals surface area contributed by atoms with E-state index in [0.717, 1.165) is 12.8 Å². The normalized spacial score (nSPS) is 14.8. The third kappa shape index (κ3) is 4.71. The topological polar surface area (TPSA) is 76.1 Å². The van der Waals surface area contributed by atoms with Crippen molar-refractivity contribution in [2.24, 2.45) is 0 Å². The van der Waals surface area contributed by atoms with Gasteiger partial charge in [-0.15, -0.1) is 0 Å². The summed E-state index contributed by atoms with van der Waals surface area (Å²) in [7, 11) is 1.45. The Bertz CT molecular complexity index is 856. The first kappa shape index (κ1) is 19.5. The summed E-state index contributed by atoms with van der Waals surface area (Å²) in [6.07, 6.45) is 3.77. The van der Waals surface area contributed by atoms with Crippen LogP contribution in [0.2, 0.25) is 0 Å². The molecule has 0 saturated carbocycles. The number of likely N-dealkylation sites (tertiary alicyclic amines) is 1. The molecule has 0 unspecified atom stereocenters. The van der Waals surface area contributed by atoms with Gasteiger partial charge < -0.3 is 19.5 Å². The summed E-state index contributed by atoms with van der Waals surface area (Å²) in [5, 5.41) is 9.64. The Kier molecular flexibility index (Phi) is 6.32. The summed E-state index contributed by atoms with van der Waals surface area (Å²) in [6, 6.07) is 13.8. The molecule has 1 saturated heterocycles. The molecule has 0 bridgehead atoms. The lowest BCUT2D eigenvalue weighted by atomic mass is 10.1. The quantitative estimate of drug-likeness (QED) is 0.614. The third-order valence-corrected chi connectivity index (χ3v) is 4.59. The molecule has 1 fully saturated rings. The Morgan fingerprint density at radius 3 is 2.50 bits per heavy atom. The predicted octanol–water partition coefficient (Wildman–Crippen LogP) is 3.32. The highest BCUT2D eigenvalue weighted by Gasteiger charge is 2.30. The number of carbonyl (C=O) groups is 2. The number of methoxy groups -OCH3 is 1. The Morgan fingerprint density at radius 2 is 1.82 bits per heavy atom. The second-order valence-corrected chi connectivity index (χ2v) is 6.52. The molecule has 0 aliphatic carbocycles. The zero-order valence-corrected chi connectivity index (χ0v) is 15.7. The molecule has 0 aromatic heterocycles. The summed E-state index contributed by atoms with van der Waals surface area (Å²) >= 11 is 0. The maximum absolute atomic E-state index is 12.9. The number of esters is 1. The molecule has 1 aliphatic heterocycles. The fourth-order valence-corrected chi connectivity index (χ4v) is 3.11. The number of phenolic OH excluding ortho intramolecular Hbond substituents is 1. The van der Waals surface area contributed by atoms with Crippen molar-refractivity contribution in [1.29, 1.82) is 0 Å². The van der Waals surface area contributed by atoms with E-state index in [9.17, 15) is 14.7 Å². The van der Waals surface area contributed by atoms with Crippen LogP contribution in [0, 0.1) is 0 Å². The molecule has 146 valence electrons. The van der Waals surface area contributed by atoms with E-state index in [2.05, 4.69) is 0 Å². The maximum Gasteiger partial charge on any atom is 0.331 e. The van der Waals surface area contributed by atoms with Gasteiger partial charge in [-0.25, -0.2) is 4.79 Å². The van der Waals surface area contributed by atoms with Gasteiger partial charge in [0, 0.05) is 24.7 Å². The van der Waals surface area contributed by atoms with Crippen LogP contribution in [0.25, 0.3) is 6.08 Å². The van der Waals surface area contributed by atoms with Gasteiger partial charge in [0.25, 0.3) is 5.91 Å². The van der Waals surface area contributed by atoms with E-state index in [1.54, 1.807) is 35.2 Å². The van der Waals surface area contributed by atoms with Gasteiger partial charge >= 0.3 is 5.97 Å². The minimum absolute atomic E-state index is 0.0163. The van der Waals surface area contributed by atoms with Crippen molar-refractivity contribution in [3.05, 3.63) is 65.7 Å². The van der Waals surface area contributed by atoms with Crippen LogP contribution < -0.4 is 4.74 Å². The molecule has 1 amide bonds.